The topological polar surface area (TPSA) is 82.2 Å². The maximum atomic E-state index is 12.2. The van der Waals surface area contributed by atoms with Crippen molar-refractivity contribution < 1.29 is 9.53 Å². The van der Waals surface area contributed by atoms with E-state index in [1.54, 1.807) is 36.2 Å². The molecular weight excluding hydrogens is 256 g/mol. The lowest BCUT2D eigenvalue weighted by Gasteiger charge is -2.06. The summed E-state index contributed by atoms with van der Waals surface area (Å²) in [6.07, 6.45) is 1.79. The maximum absolute atomic E-state index is 12.2. The van der Waals surface area contributed by atoms with Crippen LogP contribution < -0.4 is 11.1 Å². The van der Waals surface area contributed by atoms with Gasteiger partial charge in [-0.25, -0.2) is 0 Å². The molecule has 0 saturated carbocycles. The Balaban J connectivity index is 2.07. The molecule has 1 aromatic heterocycles. The summed E-state index contributed by atoms with van der Waals surface area (Å²) < 4.78 is 6.69. The number of nitrogens with one attached hydrogen (secondary N) is 1. The number of ether oxygens (including phenoxy) is 1. The Bertz CT molecular complexity index is 607. The van der Waals surface area contributed by atoms with Gasteiger partial charge in [-0.1, -0.05) is 6.07 Å². The number of amides is 1. The second-order valence-corrected chi connectivity index (χ2v) is 4.49. The predicted molar refractivity (Wildman–Crippen MR) is 77.6 cm³/mol. The van der Waals surface area contributed by atoms with Crippen molar-refractivity contribution >= 4 is 17.4 Å². The van der Waals surface area contributed by atoms with E-state index in [9.17, 15) is 4.79 Å². The molecule has 0 fully saturated rings. The summed E-state index contributed by atoms with van der Waals surface area (Å²) in [5.41, 5.74) is 7.69. The highest BCUT2D eigenvalue weighted by Gasteiger charge is 2.11. The minimum absolute atomic E-state index is 0.216. The third kappa shape index (κ3) is 3.36. The third-order valence-electron chi connectivity index (χ3n) is 2.91. The van der Waals surface area contributed by atoms with Crippen LogP contribution >= 0.6 is 0 Å². The second-order valence-electron chi connectivity index (χ2n) is 4.49. The van der Waals surface area contributed by atoms with Crippen LogP contribution in [0.25, 0.3) is 0 Å². The van der Waals surface area contributed by atoms with Crippen molar-refractivity contribution in [1.82, 2.24) is 9.78 Å². The molecule has 0 aliphatic heterocycles. The molecule has 1 amide bonds. The Hall–Kier alpha value is -2.34. The van der Waals surface area contributed by atoms with E-state index >= 15 is 0 Å². The van der Waals surface area contributed by atoms with Crippen molar-refractivity contribution in [2.24, 2.45) is 0 Å². The number of nitrogen functional groups attached to an aromatic ring is 1. The zero-order valence-corrected chi connectivity index (χ0v) is 11.6. The van der Waals surface area contributed by atoms with Crippen LogP contribution in [-0.4, -0.2) is 29.4 Å². The summed E-state index contributed by atoms with van der Waals surface area (Å²) in [6, 6.07) is 6.99. The van der Waals surface area contributed by atoms with Crippen molar-refractivity contribution in [3.63, 3.8) is 0 Å². The number of methoxy groups -OCH3 is 1. The molecule has 2 aromatic rings. The first-order valence-corrected chi connectivity index (χ1v) is 6.30. The normalized spacial score (nSPS) is 10.5. The summed E-state index contributed by atoms with van der Waals surface area (Å²) in [4.78, 5) is 12.2. The van der Waals surface area contributed by atoms with Gasteiger partial charge in [0.15, 0.2) is 5.82 Å². The lowest BCUT2D eigenvalue weighted by atomic mass is 10.1. The summed E-state index contributed by atoms with van der Waals surface area (Å²) >= 11 is 0. The molecule has 2 rings (SSSR count). The molecule has 0 saturated heterocycles. The van der Waals surface area contributed by atoms with Gasteiger partial charge in [0, 0.05) is 30.6 Å². The SMILES string of the molecule is COCCn1ccc(NC(=O)c2cc(N)ccc2C)n1. The number of nitrogens with two attached hydrogens (primary N) is 1. The Labute approximate surface area is 117 Å². The van der Waals surface area contributed by atoms with Gasteiger partial charge in [0.25, 0.3) is 5.91 Å². The van der Waals surface area contributed by atoms with Gasteiger partial charge in [0.2, 0.25) is 0 Å². The van der Waals surface area contributed by atoms with E-state index in [0.29, 0.717) is 30.2 Å². The molecule has 6 heteroatoms. The molecule has 3 N–H and O–H groups in total. The van der Waals surface area contributed by atoms with Gasteiger partial charge in [-0.2, -0.15) is 5.10 Å². The molecule has 1 aromatic carbocycles. The van der Waals surface area contributed by atoms with Crippen LogP contribution in [0.2, 0.25) is 0 Å². The number of hydrogen-bond donors (Lipinski definition) is 2. The number of benzene rings is 1. The fourth-order valence-corrected chi connectivity index (χ4v) is 1.81. The molecule has 0 bridgehead atoms. The quantitative estimate of drug-likeness (QED) is 0.813. The van der Waals surface area contributed by atoms with Gasteiger partial charge < -0.3 is 15.8 Å². The van der Waals surface area contributed by atoms with Crippen LogP contribution in [0.5, 0.6) is 0 Å². The van der Waals surface area contributed by atoms with E-state index in [4.69, 9.17) is 10.5 Å². The number of aromatic nitrogens is 2. The summed E-state index contributed by atoms with van der Waals surface area (Å²) in [5, 5.41) is 6.99. The molecule has 0 aliphatic rings. The average molecular weight is 274 g/mol. The van der Waals surface area contributed by atoms with Gasteiger partial charge in [-0.05, 0) is 24.6 Å². The van der Waals surface area contributed by atoms with E-state index in [-0.39, 0.29) is 5.91 Å². The van der Waals surface area contributed by atoms with Gasteiger partial charge >= 0.3 is 0 Å². The van der Waals surface area contributed by atoms with E-state index in [1.165, 1.54) is 0 Å². The standard InChI is InChI=1S/C14H18N4O2/c1-10-3-4-11(15)9-12(10)14(19)16-13-5-6-18(17-13)7-8-20-2/h3-6,9H,7-8,15H2,1-2H3,(H,16,17,19). The lowest BCUT2D eigenvalue weighted by molar-refractivity contribution is 0.102. The molecule has 0 unspecified atom stereocenters. The number of hydrogen-bond acceptors (Lipinski definition) is 4. The molecule has 0 spiro atoms. The Morgan fingerprint density at radius 2 is 2.25 bits per heavy atom. The lowest BCUT2D eigenvalue weighted by Crippen LogP contribution is -2.14. The van der Waals surface area contributed by atoms with E-state index in [2.05, 4.69) is 10.4 Å². The van der Waals surface area contributed by atoms with E-state index in [0.717, 1.165) is 5.56 Å². The zero-order chi connectivity index (χ0) is 14.5. The number of carbonyl (C=O) groups excluding carboxylic acids is 1. The summed E-state index contributed by atoms with van der Waals surface area (Å²) in [5.74, 6) is 0.291. The highest BCUT2D eigenvalue weighted by atomic mass is 16.5. The van der Waals surface area contributed by atoms with Crippen molar-refractivity contribution in [2.45, 2.75) is 13.5 Å². The first-order chi connectivity index (χ1) is 9.60. The highest BCUT2D eigenvalue weighted by molar-refractivity contribution is 6.05. The number of nitrogens with zero attached hydrogens (tertiary/aromatic N) is 2. The molecular formula is C14H18N4O2. The van der Waals surface area contributed by atoms with Gasteiger partial charge in [-0.3, -0.25) is 9.48 Å². The van der Waals surface area contributed by atoms with Crippen LogP contribution in [0.1, 0.15) is 15.9 Å². The maximum Gasteiger partial charge on any atom is 0.257 e. The van der Waals surface area contributed by atoms with Crippen molar-refractivity contribution in [2.75, 3.05) is 24.8 Å². The fourth-order valence-electron chi connectivity index (χ4n) is 1.81. The van der Waals surface area contributed by atoms with Crippen LogP contribution in [0.3, 0.4) is 0 Å². The average Bonchev–Trinajstić information content (AvgIpc) is 2.86. The van der Waals surface area contributed by atoms with Crippen LogP contribution in [0, 0.1) is 6.92 Å². The molecule has 0 aliphatic carbocycles. The third-order valence-corrected chi connectivity index (χ3v) is 2.91. The summed E-state index contributed by atoms with van der Waals surface area (Å²) in [7, 11) is 1.63. The zero-order valence-electron chi connectivity index (χ0n) is 11.6. The summed E-state index contributed by atoms with van der Waals surface area (Å²) in [6.45, 7) is 3.08. The predicted octanol–water partition coefficient (Wildman–Crippen LogP) is 1.67. The fraction of sp³-hybridized carbons (Fsp3) is 0.286. The van der Waals surface area contributed by atoms with Crippen LogP contribution in [0.15, 0.2) is 30.5 Å². The Morgan fingerprint density at radius 3 is 3.00 bits per heavy atom. The molecule has 6 nitrogen and oxygen atoms in total. The molecule has 20 heavy (non-hydrogen) atoms. The first kappa shape index (κ1) is 14.1. The molecule has 0 atom stereocenters. The number of rotatable bonds is 5. The van der Waals surface area contributed by atoms with Gasteiger partial charge in [0.1, 0.15) is 0 Å². The van der Waals surface area contributed by atoms with E-state index < -0.39 is 0 Å². The highest BCUT2D eigenvalue weighted by Crippen LogP contribution is 2.14. The molecule has 106 valence electrons. The van der Waals surface area contributed by atoms with Crippen molar-refractivity contribution in [3.05, 3.63) is 41.6 Å². The largest absolute Gasteiger partial charge is 0.399 e. The second kappa shape index (κ2) is 6.21. The van der Waals surface area contributed by atoms with E-state index in [1.807, 2.05) is 13.0 Å². The Kier molecular flexibility index (Phi) is 4.37. The van der Waals surface area contributed by atoms with Crippen LogP contribution in [-0.2, 0) is 11.3 Å². The van der Waals surface area contributed by atoms with Crippen LogP contribution in [0.4, 0.5) is 11.5 Å². The number of anilines is 2. The monoisotopic (exact) mass is 274 g/mol. The van der Waals surface area contributed by atoms with Gasteiger partial charge in [-0.15, -0.1) is 0 Å². The van der Waals surface area contributed by atoms with Crippen molar-refractivity contribution in [3.8, 4) is 0 Å². The van der Waals surface area contributed by atoms with Crippen molar-refractivity contribution in [1.29, 1.82) is 0 Å². The van der Waals surface area contributed by atoms with Gasteiger partial charge in [0.05, 0.1) is 13.2 Å². The minimum Gasteiger partial charge on any atom is -0.399 e. The smallest absolute Gasteiger partial charge is 0.257 e. The number of carbonyl (C=O) groups is 1. The molecule has 1 heterocycles. The first-order valence-electron chi connectivity index (χ1n) is 6.30. The molecule has 0 radical (unpaired) electrons. The number of aryl methyl sites for hydroxylation is 1. The Morgan fingerprint density at radius 1 is 1.45 bits per heavy atom. The minimum atomic E-state index is -0.216.